The Balaban J connectivity index is 1.66. The van der Waals surface area contributed by atoms with Crippen LogP contribution in [-0.2, 0) is 19.6 Å². The highest BCUT2D eigenvalue weighted by Gasteiger charge is 2.35. The third kappa shape index (κ3) is 4.54. The van der Waals surface area contributed by atoms with Crippen LogP contribution in [-0.4, -0.2) is 62.2 Å². The molecule has 0 aliphatic carbocycles. The fourth-order valence-corrected chi connectivity index (χ4v) is 6.34. The van der Waals surface area contributed by atoms with Crippen LogP contribution in [0, 0.1) is 19.8 Å². The van der Waals surface area contributed by atoms with Gasteiger partial charge in [-0.15, -0.1) is 0 Å². The highest BCUT2D eigenvalue weighted by Crippen LogP contribution is 2.34. The molecule has 2 aliphatic rings. The van der Waals surface area contributed by atoms with Gasteiger partial charge in [0.25, 0.3) is 0 Å². The molecular formula is C21H29N3O4S2. The van der Waals surface area contributed by atoms with E-state index in [1.54, 1.807) is 4.90 Å². The van der Waals surface area contributed by atoms with Crippen LogP contribution in [0.2, 0.25) is 0 Å². The highest BCUT2D eigenvalue weighted by molar-refractivity contribution is 7.88. The number of carbonyl (C=O) groups excluding carboxylic acids is 1. The molecule has 2 saturated heterocycles. The first kappa shape index (κ1) is 21.7. The van der Waals surface area contributed by atoms with Crippen molar-refractivity contribution in [2.45, 2.75) is 45.6 Å². The molecule has 0 N–H and O–H groups in total. The minimum Gasteiger partial charge on any atom is -0.376 e. The molecule has 3 heterocycles. The number of hydrogen-bond acceptors (Lipinski definition) is 6. The molecule has 0 bridgehead atoms. The molecule has 30 heavy (non-hydrogen) atoms. The Morgan fingerprint density at radius 3 is 2.80 bits per heavy atom. The summed E-state index contributed by atoms with van der Waals surface area (Å²) in [6, 6.07) is 4.17. The SMILES string of the molecule is Cc1cc(C)c2sc(N(CC3CCCO3)C(=O)C3CCCN(S(C)(=O)=O)C3)nc2c1. The number of anilines is 1. The number of amides is 1. The van der Waals surface area contributed by atoms with Gasteiger partial charge in [0.15, 0.2) is 5.13 Å². The van der Waals surface area contributed by atoms with Crippen molar-refractivity contribution in [2.75, 3.05) is 37.4 Å². The van der Waals surface area contributed by atoms with Crippen molar-refractivity contribution < 1.29 is 17.9 Å². The number of fused-ring (bicyclic) bond motifs is 1. The van der Waals surface area contributed by atoms with Gasteiger partial charge in [0.1, 0.15) is 0 Å². The minimum absolute atomic E-state index is 0.00148. The van der Waals surface area contributed by atoms with Gasteiger partial charge in [-0.25, -0.2) is 17.7 Å². The van der Waals surface area contributed by atoms with E-state index in [0.29, 0.717) is 31.1 Å². The van der Waals surface area contributed by atoms with E-state index < -0.39 is 10.0 Å². The molecule has 164 valence electrons. The van der Waals surface area contributed by atoms with Crippen molar-refractivity contribution in [3.63, 3.8) is 0 Å². The maximum Gasteiger partial charge on any atom is 0.233 e. The van der Waals surface area contributed by atoms with Crippen LogP contribution < -0.4 is 4.90 Å². The van der Waals surface area contributed by atoms with Crippen LogP contribution in [0.25, 0.3) is 10.2 Å². The van der Waals surface area contributed by atoms with Gasteiger partial charge in [-0.1, -0.05) is 17.4 Å². The Morgan fingerprint density at radius 2 is 2.10 bits per heavy atom. The lowest BCUT2D eigenvalue weighted by atomic mass is 9.98. The molecule has 2 aromatic rings. The molecular weight excluding hydrogens is 422 g/mol. The zero-order chi connectivity index (χ0) is 21.5. The molecule has 0 radical (unpaired) electrons. The Kier molecular flexibility index (Phi) is 6.16. The molecule has 1 amide bonds. The molecule has 2 atom stereocenters. The summed E-state index contributed by atoms with van der Waals surface area (Å²) in [5.41, 5.74) is 3.20. The number of rotatable bonds is 5. The normalized spacial score (nSPS) is 23.2. The standard InChI is InChI=1S/C21H29N3O4S2/c1-14-10-15(2)19-18(11-14)22-21(29-19)24(13-17-7-5-9-28-17)20(25)16-6-4-8-23(12-16)30(3,26)27/h10-11,16-17H,4-9,12-13H2,1-3H3. The summed E-state index contributed by atoms with van der Waals surface area (Å²) in [4.78, 5) is 20.2. The van der Waals surface area contributed by atoms with Crippen molar-refractivity contribution in [2.24, 2.45) is 5.92 Å². The number of ether oxygens (including phenoxy) is 1. The van der Waals surface area contributed by atoms with Crippen molar-refractivity contribution in [1.82, 2.24) is 9.29 Å². The maximum absolute atomic E-state index is 13.6. The smallest absolute Gasteiger partial charge is 0.233 e. The van der Waals surface area contributed by atoms with Crippen molar-refractivity contribution in [3.8, 4) is 0 Å². The summed E-state index contributed by atoms with van der Waals surface area (Å²) in [7, 11) is -3.31. The third-order valence-electron chi connectivity index (χ3n) is 5.92. The van der Waals surface area contributed by atoms with Crippen LogP contribution in [0.5, 0.6) is 0 Å². The number of nitrogens with zero attached hydrogens (tertiary/aromatic N) is 3. The lowest BCUT2D eigenvalue weighted by Crippen LogP contribution is -2.48. The number of hydrogen-bond donors (Lipinski definition) is 0. The fourth-order valence-electron chi connectivity index (χ4n) is 4.40. The number of carbonyl (C=O) groups is 1. The molecule has 1 aromatic carbocycles. The van der Waals surface area contributed by atoms with E-state index in [2.05, 4.69) is 13.0 Å². The molecule has 0 saturated carbocycles. The van der Waals surface area contributed by atoms with Crippen molar-refractivity contribution in [1.29, 1.82) is 0 Å². The van der Waals surface area contributed by atoms with Crippen LogP contribution in [0.1, 0.15) is 36.8 Å². The second kappa shape index (κ2) is 8.53. The average Bonchev–Trinajstić information content (AvgIpc) is 3.34. The Hall–Kier alpha value is -1.55. The molecule has 2 aliphatic heterocycles. The monoisotopic (exact) mass is 451 g/mol. The van der Waals surface area contributed by atoms with Gasteiger partial charge >= 0.3 is 0 Å². The second-order valence-corrected chi connectivity index (χ2v) is 11.4. The zero-order valence-electron chi connectivity index (χ0n) is 17.8. The fraction of sp³-hybridized carbons (Fsp3) is 0.619. The summed E-state index contributed by atoms with van der Waals surface area (Å²) in [5, 5.41) is 0.677. The van der Waals surface area contributed by atoms with Crippen molar-refractivity contribution >= 4 is 42.6 Å². The third-order valence-corrected chi connectivity index (χ3v) is 8.42. The van der Waals surface area contributed by atoms with Gasteiger partial charge in [-0.2, -0.15) is 0 Å². The first-order chi connectivity index (χ1) is 14.2. The average molecular weight is 452 g/mol. The second-order valence-electron chi connectivity index (χ2n) is 8.47. The van der Waals surface area contributed by atoms with Gasteiger partial charge in [-0.3, -0.25) is 9.69 Å². The number of sulfonamides is 1. The van der Waals surface area contributed by atoms with Crippen LogP contribution in [0.15, 0.2) is 12.1 Å². The summed E-state index contributed by atoms with van der Waals surface area (Å²) in [6.45, 7) is 6.01. The lowest BCUT2D eigenvalue weighted by Gasteiger charge is -2.33. The molecule has 4 rings (SSSR count). The topological polar surface area (TPSA) is 79.8 Å². The first-order valence-corrected chi connectivity index (χ1v) is 13.1. The predicted molar refractivity (Wildman–Crippen MR) is 120 cm³/mol. The van der Waals surface area contributed by atoms with Crippen molar-refractivity contribution in [3.05, 3.63) is 23.3 Å². The molecule has 7 nitrogen and oxygen atoms in total. The largest absolute Gasteiger partial charge is 0.376 e. The van der Waals surface area contributed by atoms with Gasteiger partial charge in [0.05, 0.1) is 35.0 Å². The lowest BCUT2D eigenvalue weighted by molar-refractivity contribution is -0.123. The van der Waals surface area contributed by atoms with Crippen LogP contribution in [0.3, 0.4) is 0 Å². The summed E-state index contributed by atoms with van der Waals surface area (Å²) in [6.07, 6.45) is 4.51. The molecule has 2 fully saturated rings. The van der Waals surface area contributed by atoms with Gasteiger partial charge in [-0.05, 0) is 56.7 Å². The summed E-state index contributed by atoms with van der Waals surface area (Å²) < 4.78 is 32.4. The van der Waals surface area contributed by atoms with E-state index in [1.807, 2.05) is 13.0 Å². The van der Waals surface area contributed by atoms with E-state index in [1.165, 1.54) is 21.9 Å². The molecule has 9 heteroatoms. The predicted octanol–water partition coefficient (Wildman–Crippen LogP) is 3.10. The summed E-state index contributed by atoms with van der Waals surface area (Å²) >= 11 is 1.53. The first-order valence-electron chi connectivity index (χ1n) is 10.5. The van der Waals surface area contributed by atoms with Crippen LogP contribution in [0.4, 0.5) is 5.13 Å². The number of thiazole rings is 1. The highest BCUT2D eigenvalue weighted by atomic mass is 32.2. The summed E-state index contributed by atoms with van der Waals surface area (Å²) in [5.74, 6) is -0.406. The van der Waals surface area contributed by atoms with Gasteiger partial charge in [0.2, 0.25) is 15.9 Å². The quantitative estimate of drug-likeness (QED) is 0.698. The Bertz CT molecular complexity index is 1040. The van der Waals surface area contributed by atoms with Crippen LogP contribution >= 0.6 is 11.3 Å². The molecule has 0 spiro atoms. The Morgan fingerprint density at radius 1 is 1.30 bits per heavy atom. The number of piperidine rings is 1. The zero-order valence-corrected chi connectivity index (χ0v) is 19.4. The van der Waals surface area contributed by atoms with E-state index in [-0.39, 0.29) is 24.5 Å². The molecule has 2 unspecified atom stereocenters. The molecule has 1 aromatic heterocycles. The maximum atomic E-state index is 13.6. The van der Waals surface area contributed by atoms with E-state index in [4.69, 9.17) is 9.72 Å². The Labute approximate surface area is 182 Å². The van der Waals surface area contributed by atoms with Gasteiger partial charge < -0.3 is 4.74 Å². The van der Waals surface area contributed by atoms with E-state index in [0.717, 1.165) is 40.8 Å². The number of benzene rings is 1. The number of aromatic nitrogens is 1. The van der Waals surface area contributed by atoms with E-state index in [9.17, 15) is 13.2 Å². The van der Waals surface area contributed by atoms with Gasteiger partial charge in [0, 0.05) is 19.7 Å². The number of aryl methyl sites for hydroxylation is 2. The minimum atomic E-state index is -3.31. The van der Waals surface area contributed by atoms with E-state index >= 15 is 0 Å².